The summed E-state index contributed by atoms with van der Waals surface area (Å²) in [6.07, 6.45) is 1.13. The van der Waals surface area contributed by atoms with E-state index in [0.717, 1.165) is 13.0 Å². The minimum atomic E-state index is -0.405. The molecular formula is C23H44O9. The molecule has 0 aromatic heterocycles. The maximum atomic E-state index is 11.1. The van der Waals surface area contributed by atoms with Crippen molar-refractivity contribution in [3.63, 3.8) is 0 Å². The Morgan fingerprint density at radius 3 is 1.25 bits per heavy atom. The quantitative estimate of drug-likeness (QED) is 0.115. The van der Waals surface area contributed by atoms with Crippen LogP contribution in [0.2, 0.25) is 0 Å². The first-order valence-corrected chi connectivity index (χ1v) is 11.4. The molecule has 0 fully saturated rings. The van der Waals surface area contributed by atoms with Crippen molar-refractivity contribution in [1.29, 1.82) is 0 Å². The molecule has 0 aromatic rings. The normalized spacial score (nSPS) is 12.1. The van der Waals surface area contributed by atoms with Gasteiger partial charge in [0.15, 0.2) is 0 Å². The van der Waals surface area contributed by atoms with Crippen LogP contribution in [0.5, 0.6) is 0 Å². The highest BCUT2D eigenvalue weighted by Gasteiger charge is 2.02. The molecule has 0 bridgehead atoms. The summed E-state index contributed by atoms with van der Waals surface area (Å²) in [6.45, 7) is 17.0. The molecule has 0 N–H and O–H groups in total. The lowest BCUT2D eigenvalue weighted by atomic mass is 10.1. The topological polar surface area (TPSA) is 90.9 Å². The average Bonchev–Trinajstić information content (AvgIpc) is 2.79. The Hall–Kier alpha value is -1.07. The third kappa shape index (κ3) is 23.6. The first kappa shape index (κ1) is 30.9. The van der Waals surface area contributed by atoms with E-state index in [1.807, 2.05) is 0 Å². The Bertz CT molecular complexity index is 432. The third-order valence-electron chi connectivity index (χ3n) is 4.14. The molecular weight excluding hydrogens is 420 g/mol. The Labute approximate surface area is 193 Å². The molecule has 0 saturated heterocycles. The molecule has 9 heteroatoms. The number of carbonyl (C=O) groups excluding carboxylic acids is 1. The Morgan fingerprint density at radius 2 is 0.938 bits per heavy atom. The van der Waals surface area contributed by atoms with E-state index < -0.39 is 5.97 Å². The van der Waals surface area contributed by atoms with Crippen LogP contribution < -0.4 is 0 Å². The van der Waals surface area contributed by atoms with Crippen LogP contribution in [0.15, 0.2) is 12.2 Å². The number of hydrogen-bond acceptors (Lipinski definition) is 9. The van der Waals surface area contributed by atoms with E-state index in [0.29, 0.717) is 97.4 Å². The lowest BCUT2D eigenvalue weighted by Gasteiger charge is -2.10. The summed E-state index contributed by atoms with van der Waals surface area (Å²) in [5, 5.41) is 0. The van der Waals surface area contributed by atoms with Gasteiger partial charge in [0.25, 0.3) is 0 Å². The number of hydrogen-bond donors (Lipinski definition) is 0. The van der Waals surface area contributed by atoms with Crippen molar-refractivity contribution in [3.05, 3.63) is 12.2 Å². The van der Waals surface area contributed by atoms with Gasteiger partial charge in [0.05, 0.1) is 85.9 Å². The summed E-state index contributed by atoms with van der Waals surface area (Å²) in [5.41, 5.74) is 0.377. The molecule has 32 heavy (non-hydrogen) atoms. The molecule has 0 spiro atoms. The summed E-state index contributed by atoms with van der Waals surface area (Å²) in [5.74, 6) is 0.193. The summed E-state index contributed by atoms with van der Waals surface area (Å²) in [4.78, 5) is 11.1. The summed E-state index contributed by atoms with van der Waals surface area (Å²) in [7, 11) is 0. The smallest absolute Gasteiger partial charge is 0.333 e. The fourth-order valence-corrected chi connectivity index (χ4v) is 2.04. The van der Waals surface area contributed by atoms with Crippen molar-refractivity contribution in [2.24, 2.45) is 5.92 Å². The molecule has 0 amide bonds. The van der Waals surface area contributed by atoms with Gasteiger partial charge in [0.2, 0.25) is 0 Å². The molecule has 0 aliphatic heterocycles. The maximum absolute atomic E-state index is 11.1. The van der Waals surface area contributed by atoms with Crippen molar-refractivity contribution in [3.8, 4) is 0 Å². The fraction of sp³-hybridized carbons (Fsp3) is 0.870. The van der Waals surface area contributed by atoms with E-state index in [1.54, 1.807) is 6.92 Å². The average molecular weight is 465 g/mol. The predicted octanol–water partition coefficient (Wildman–Crippen LogP) is 2.27. The van der Waals surface area contributed by atoms with E-state index in [2.05, 4.69) is 20.4 Å². The van der Waals surface area contributed by atoms with Crippen LogP contribution in [0.4, 0.5) is 0 Å². The van der Waals surface area contributed by atoms with Crippen molar-refractivity contribution < 1.29 is 42.7 Å². The van der Waals surface area contributed by atoms with Crippen molar-refractivity contribution in [2.45, 2.75) is 27.2 Å². The van der Waals surface area contributed by atoms with Gasteiger partial charge in [0.1, 0.15) is 6.61 Å². The second kappa shape index (κ2) is 24.6. The van der Waals surface area contributed by atoms with Gasteiger partial charge in [-0.3, -0.25) is 0 Å². The van der Waals surface area contributed by atoms with Crippen molar-refractivity contribution >= 4 is 5.97 Å². The number of carbonyl (C=O) groups is 1. The highest BCUT2D eigenvalue weighted by atomic mass is 16.6. The van der Waals surface area contributed by atoms with E-state index >= 15 is 0 Å². The van der Waals surface area contributed by atoms with E-state index in [-0.39, 0.29) is 6.61 Å². The standard InChI is InChI=1S/C23H44O9/c1-5-22(4)20-31-17-16-29-13-12-27-9-8-25-6-7-26-10-11-28-14-15-30-18-19-32-23(24)21(2)3/h22H,2,5-20H2,1,3-4H3. The summed E-state index contributed by atoms with van der Waals surface area (Å²) in [6, 6.07) is 0. The molecule has 1 unspecified atom stereocenters. The highest BCUT2D eigenvalue weighted by molar-refractivity contribution is 5.86. The number of rotatable bonds is 25. The van der Waals surface area contributed by atoms with Crippen LogP contribution in [-0.2, 0) is 42.7 Å². The van der Waals surface area contributed by atoms with Crippen LogP contribution in [0.1, 0.15) is 27.2 Å². The summed E-state index contributed by atoms with van der Waals surface area (Å²) >= 11 is 0. The fourth-order valence-electron chi connectivity index (χ4n) is 2.04. The lowest BCUT2D eigenvalue weighted by Crippen LogP contribution is -2.15. The first-order chi connectivity index (χ1) is 15.6. The molecule has 0 rings (SSSR count). The monoisotopic (exact) mass is 464 g/mol. The van der Waals surface area contributed by atoms with Crippen LogP contribution >= 0.6 is 0 Å². The molecule has 0 saturated carbocycles. The Morgan fingerprint density at radius 1 is 0.625 bits per heavy atom. The minimum Gasteiger partial charge on any atom is -0.460 e. The predicted molar refractivity (Wildman–Crippen MR) is 121 cm³/mol. The largest absolute Gasteiger partial charge is 0.460 e. The molecule has 0 aliphatic rings. The van der Waals surface area contributed by atoms with Crippen LogP contribution in [0.25, 0.3) is 0 Å². The van der Waals surface area contributed by atoms with Gasteiger partial charge in [-0.05, 0) is 12.8 Å². The highest BCUT2D eigenvalue weighted by Crippen LogP contribution is 2.00. The lowest BCUT2D eigenvalue weighted by molar-refractivity contribution is -0.140. The van der Waals surface area contributed by atoms with Crippen LogP contribution in [0.3, 0.4) is 0 Å². The van der Waals surface area contributed by atoms with Crippen molar-refractivity contribution in [1.82, 2.24) is 0 Å². The first-order valence-electron chi connectivity index (χ1n) is 11.4. The van der Waals surface area contributed by atoms with Crippen LogP contribution in [0, 0.1) is 5.92 Å². The second-order valence-corrected chi connectivity index (χ2v) is 7.18. The Kier molecular flexibility index (Phi) is 23.7. The summed E-state index contributed by atoms with van der Waals surface area (Å²) < 4.78 is 42.8. The second-order valence-electron chi connectivity index (χ2n) is 7.18. The van der Waals surface area contributed by atoms with Gasteiger partial charge >= 0.3 is 5.97 Å². The zero-order chi connectivity index (χ0) is 23.7. The molecule has 0 heterocycles. The van der Waals surface area contributed by atoms with Gasteiger partial charge in [-0.1, -0.05) is 26.8 Å². The van der Waals surface area contributed by atoms with E-state index in [9.17, 15) is 4.79 Å². The minimum absolute atomic E-state index is 0.210. The van der Waals surface area contributed by atoms with Gasteiger partial charge in [-0.15, -0.1) is 0 Å². The molecule has 0 aliphatic carbocycles. The number of ether oxygens (including phenoxy) is 8. The van der Waals surface area contributed by atoms with Gasteiger partial charge in [-0.25, -0.2) is 4.79 Å². The molecule has 0 radical (unpaired) electrons. The van der Waals surface area contributed by atoms with Gasteiger partial charge in [-0.2, -0.15) is 0 Å². The molecule has 9 nitrogen and oxygen atoms in total. The van der Waals surface area contributed by atoms with Gasteiger partial charge in [0, 0.05) is 12.2 Å². The third-order valence-corrected chi connectivity index (χ3v) is 4.14. The van der Waals surface area contributed by atoms with Crippen LogP contribution in [-0.4, -0.2) is 105 Å². The molecule has 1 atom stereocenters. The zero-order valence-corrected chi connectivity index (χ0v) is 20.3. The SMILES string of the molecule is C=C(C)C(=O)OCCOCCOCCOCCOCCOCCOCCOCC(C)CC. The van der Waals surface area contributed by atoms with E-state index in [1.165, 1.54) is 0 Å². The number of esters is 1. The van der Waals surface area contributed by atoms with Gasteiger partial charge < -0.3 is 37.9 Å². The maximum Gasteiger partial charge on any atom is 0.333 e. The molecule has 190 valence electrons. The Balaban J connectivity index is 3.08. The van der Waals surface area contributed by atoms with E-state index in [4.69, 9.17) is 37.9 Å². The molecule has 0 aromatic carbocycles. The zero-order valence-electron chi connectivity index (χ0n) is 20.3. The van der Waals surface area contributed by atoms with Crippen molar-refractivity contribution in [2.75, 3.05) is 99.1 Å².